The third-order valence-corrected chi connectivity index (χ3v) is 4.92. The number of rotatable bonds is 6. The highest BCUT2D eigenvalue weighted by Gasteiger charge is 2.13. The summed E-state index contributed by atoms with van der Waals surface area (Å²) in [5.41, 5.74) is 3.71. The van der Waals surface area contributed by atoms with Crippen LogP contribution in [-0.4, -0.2) is 39.4 Å². The zero-order chi connectivity index (χ0) is 19.2. The normalized spacial score (nSPS) is 14.7. The number of aliphatic imine (C=N–C) groups is 1. The van der Waals surface area contributed by atoms with E-state index >= 15 is 0 Å². The molecule has 0 aromatic heterocycles. The van der Waals surface area contributed by atoms with E-state index in [2.05, 4.69) is 63.0 Å². The second kappa shape index (κ2) is 10.4. The maximum atomic E-state index is 5.44. The monoisotopic (exact) mass is 506 g/mol. The molecule has 2 aliphatic heterocycles. The summed E-state index contributed by atoms with van der Waals surface area (Å²) >= 11 is 0. The standard InChI is InChI=1S/C22H26N4O2.HI/c1-23-22(24-10-9-17-7-8-20-21(14-17)28-16-27-20)25-15-18-5-4-6-19(13-18)26-11-2-3-12-26;/h2-8,13-14H,9-12,15-16H2,1H3,(H2,23,24,25);1H. The van der Waals surface area contributed by atoms with Gasteiger partial charge in [0, 0.05) is 38.9 Å². The largest absolute Gasteiger partial charge is 0.454 e. The number of nitrogens with one attached hydrogen (secondary N) is 2. The van der Waals surface area contributed by atoms with Crippen LogP contribution in [0.5, 0.6) is 11.5 Å². The summed E-state index contributed by atoms with van der Waals surface area (Å²) in [6.07, 6.45) is 5.29. The SMILES string of the molecule is CN=C(NCCc1ccc2c(c1)OCO2)NCc1cccc(N2CC=CC2)c1.I. The Morgan fingerprint density at radius 3 is 2.66 bits per heavy atom. The second-order valence-corrected chi connectivity index (χ2v) is 6.84. The molecule has 2 aliphatic rings. The fourth-order valence-electron chi connectivity index (χ4n) is 3.38. The molecule has 29 heavy (non-hydrogen) atoms. The molecule has 0 saturated carbocycles. The van der Waals surface area contributed by atoms with Gasteiger partial charge in [0.2, 0.25) is 6.79 Å². The van der Waals surface area contributed by atoms with E-state index in [1.807, 2.05) is 12.1 Å². The Hall–Kier alpha value is -2.42. The van der Waals surface area contributed by atoms with E-state index < -0.39 is 0 Å². The van der Waals surface area contributed by atoms with Gasteiger partial charge in [-0.1, -0.05) is 30.4 Å². The molecule has 0 aliphatic carbocycles. The van der Waals surface area contributed by atoms with Crippen molar-refractivity contribution in [3.63, 3.8) is 0 Å². The molecule has 0 unspecified atom stereocenters. The minimum Gasteiger partial charge on any atom is -0.454 e. The predicted octanol–water partition coefficient (Wildman–Crippen LogP) is 3.32. The number of hydrogen-bond donors (Lipinski definition) is 2. The van der Waals surface area contributed by atoms with Crippen LogP contribution in [0.2, 0.25) is 0 Å². The molecule has 0 saturated heterocycles. The summed E-state index contributed by atoms with van der Waals surface area (Å²) < 4.78 is 10.8. The minimum atomic E-state index is 0. The van der Waals surface area contributed by atoms with Crippen LogP contribution in [0, 0.1) is 0 Å². The molecule has 2 N–H and O–H groups in total. The molecule has 0 atom stereocenters. The number of anilines is 1. The molecular weight excluding hydrogens is 479 g/mol. The average molecular weight is 506 g/mol. The third-order valence-electron chi connectivity index (χ3n) is 4.92. The van der Waals surface area contributed by atoms with Gasteiger partial charge in [-0.15, -0.1) is 24.0 Å². The fraction of sp³-hybridized carbons (Fsp3) is 0.318. The van der Waals surface area contributed by atoms with E-state index in [-0.39, 0.29) is 24.0 Å². The first-order chi connectivity index (χ1) is 13.8. The first-order valence-electron chi connectivity index (χ1n) is 9.64. The van der Waals surface area contributed by atoms with E-state index in [9.17, 15) is 0 Å². The zero-order valence-corrected chi connectivity index (χ0v) is 18.9. The topological polar surface area (TPSA) is 58.1 Å². The number of halogens is 1. The smallest absolute Gasteiger partial charge is 0.231 e. The van der Waals surface area contributed by atoms with Gasteiger partial charge in [0.15, 0.2) is 17.5 Å². The van der Waals surface area contributed by atoms with Crippen LogP contribution in [0.4, 0.5) is 5.69 Å². The molecule has 0 spiro atoms. The highest BCUT2D eigenvalue weighted by atomic mass is 127. The molecule has 7 heteroatoms. The Morgan fingerprint density at radius 1 is 1.00 bits per heavy atom. The van der Waals surface area contributed by atoms with Crippen LogP contribution in [-0.2, 0) is 13.0 Å². The summed E-state index contributed by atoms with van der Waals surface area (Å²) in [4.78, 5) is 6.67. The molecule has 2 aromatic rings. The van der Waals surface area contributed by atoms with Crippen molar-refractivity contribution in [1.29, 1.82) is 0 Å². The van der Waals surface area contributed by atoms with E-state index in [1.165, 1.54) is 16.8 Å². The van der Waals surface area contributed by atoms with E-state index in [4.69, 9.17) is 9.47 Å². The highest BCUT2D eigenvalue weighted by molar-refractivity contribution is 14.0. The molecule has 2 heterocycles. The predicted molar refractivity (Wildman–Crippen MR) is 128 cm³/mol. The summed E-state index contributed by atoms with van der Waals surface area (Å²) in [5, 5.41) is 6.76. The summed E-state index contributed by atoms with van der Waals surface area (Å²) in [6, 6.07) is 14.7. The lowest BCUT2D eigenvalue weighted by atomic mass is 10.1. The molecule has 0 amide bonds. The molecule has 0 radical (unpaired) electrons. The van der Waals surface area contributed by atoms with Crippen LogP contribution in [0.15, 0.2) is 59.6 Å². The molecule has 0 bridgehead atoms. The van der Waals surface area contributed by atoms with Gasteiger partial charge in [-0.05, 0) is 41.8 Å². The van der Waals surface area contributed by atoms with Gasteiger partial charge in [-0.3, -0.25) is 4.99 Å². The van der Waals surface area contributed by atoms with Crippen molar-refractivity contribution in [3.05, 3.63) is 65.7 Å². The Morgan fingerprint density at radius 2 is 1.83 bits per heavy atom. The zero-order valence-electron chi connectivity index (χ0n) is 16.6. The van der Waals surface area contributed by atoms with Crippen molar-refractivity contribution in [3.8, 4) is 11.5 Å². The van der Waals surface area contributed by atoms with Gasteiger partial charge in [0.25, 0.3) is 0 Å². The number of fused-ring (bicyclic) bond motifs is 1. The molecular formula is C22H27IN4O2. The number of guanidine groups is 1. The van der Waals surface area contributed by atoms with Crippen molar-refractivity contribution < 1.29 is 9.47 Å². The van der Waals surface area contributed by atoms with Crippen molar-refractivity contribution in [2.24, 2.45) is 4.99 Å². The van der Waals surface area contributed by atoms with Gasteiger partial charge >= 0.3 is 0 Å². The van der Waals surface area contributed by atoms with Gasteiger partial charge in [0.1, 0.15) is 0 Å². The van der Waals surface area contributed by atoms with Gasteiger partial charge in [0.05, 0.1) is 0 Å². The first kappa shape index (κ1) is 21.3. The Balaban J connectivity index is 0.00000240. The van der Waals surface area contributed by atoms with E-state index in [0.29, 0.717) is 6.79 Å². The van der Waals surface area contributed by atoms with E-state index in [0.717, 1.165) is 50.1 Å². The molecule has 4 rings (SSSR count). The molecule has 154 valence electrons. The van der Waals surface area contributed by atoms with Crippen molar-refractivity contribution in [1.82, 2.24) is 10.6 Å². The minimum absolute atomic E-state index is 0. The third kappa shape index (κ3) is 5.56. The Kier molecular flexibility index (Phi) is 7.62. The average Bonchev–Trinajstić information content (AvgIpc) is 3.42. The summed E-state index contributed by atoms with van der Waals surface area (Å²) in [7, 11) is 1.79. The van der Waals surface area contributed by atoms with Crippen LogP contribution in [0.25, 0.3) is 0 Å². The van der Waals surface area contributed by atoms with Gasteiger partial charge < -0.3 is 25.0 Å². The van der Waals surface area contributed by atoms with Crippen molar-refractivity contribution in [2.75, 3.05) is 38.4 Å². The number of ether oxygens (including phenoxy) is 2. The fourth-order valence-corrected chi connectivity index (χ4v) is 3.38. The maximum absolute atomic E-state index is 5.44. The number of nitrogens with zero attached hydrogens (tertiary/aromatic N) is 2. The van der Waals surface area contributed by atoms with Gasteiger partial charge in [-0.2, -0.15) is 0 Å². The lowest BCUT2D eigenvalue weighted by Crippen LogP contribution is -2.37. The lowest BCUT2D eigenvalue weighted by molar-refractivity contribution is 0.174. The van der Waals surface area contributed by atoms with Gasteiger partial charge in [-0.25, -0.2) is 0 Å². The summed E-state index contributed by atoms with van der Waals surface area (Å²) in [5.74, 6) is 2.45. The Bertz CT molecular complexity index is 877. The van der Waals surface area contributed by atoms with Crippen LogP contribution >= 0.6 is 24.0 Å². The second-order valence-electron chi connectivity index (χ2n) is 6.84. The van der Waals surface area contributed by atoms with Crippen LogP contribution in [0.3, 0.4) is 0 Å². The van der Waals surface area contributed by atoms with E-state index in [1.54, 1.807) is 7.05 Å². The van der Waals surface area contributed by atoms with Crippen molar-refractivity contribution in [2.45, 2.75) is 13.0 Å². The molecule has 2 aromatic carbocycles. The number of hydrogen-bond acceptors (Lipinski definition) is 4. The van der Waals surface area contributed by atoms with Crippen molar-refractivity contribution >= 4 is 35.6 Å². The molecule has 0 fully saturated rings. The van der Waals surface area contributed by atoms with Crippen LogP contribution < -0.4 is 25.0 Å². The quantitative estimate of drug-likeness (QED) is 0.273. The summed E-state index contributed by atoms with van der Waals surface area (Å²) in [6.45, 7) is 3.81. The Labute approximate surface area is 189 Å². The lowest BCUT2D eigenvalue weighted by Gasteiger charge is -2.19. The molecule has 6 nitrogen and oxygen atoms in total. The first-order valence-corrected chi connectivity index (χ1v) is 9.64. The number of benzene rings is 2. The van der Waals surface area contributed by atoms with Crippen LogP contribution in [0.1, 0.15) is 11.1 Å². The highest BCUT2D eigenvalue weighted by Crippen LogP contribution is 2.32. The maximum Gasteiger partial charge on any atom is 0.231 e.